The van der Waals surface area contributed by atoms with Crippen LogP contribution < -0.4 is 0 Å². The quantitative estimate of drug-likeness (QED) is 0.266. The Morgan fingerprint density at radius 3 is 2.45 bits per heavy atom. The highest BCUT2D eigenvalue weighted by Crippen LogP contribution is 2.59. The van der Waals surface area contributed by atoms with Gasteiger partial charge in [-0.3, -0.25) is 19.2 Å². The Balaban J connectivity index is 1.44. The fraction of sp³-hybridized carbons (Fsp3) is 0.611. The van der Waals surface area contributed by atoms with E-state index in [9.17, 15) is 24.3 Å². The number of hydrogen-bond acceptors (Lipinski definition) is 7. The maximum Gasteiger partial charge on any atom is 0.313 e. The molecule has 3 amide bonds. The second kappa shape index (κ2) is 14.2. The van der Waals surface area contributed by atoms with E-state index < -0.39 is 47.7 Å². The van der Waals surface area contributed by atoms with Gasteiger partial charge in [-0.05, 0) is 50.7 Å². The van der Waals surface area contributed by atoms with Gasteiger partial charge in [-0.25, -0.2) is 0 Å². The molecule has 11 heteroatoms. The fourth-order valence-electron chi connectivity index (χ4n) is 8.28. The van der Waals surface area contributed by atoms with Crippen LogP contribution in [0.25, 0.3) is 0 Å². The standard InChI is InChI=1S/C36H46BrN3O7/c1-23-30(24-14-6-3-7-15-24)46-35(45)28-29-33(43)40(20-12-13-21-41)32(36(29)22-26(37)31(28)47-36)34(44)39(25-16-8-4-9-17-25)19-11-5-10-18-27(42)38(23)2/h3,5-7,11,14-15,22-23,25,28-32,41H,4,8-10,12-13,16-21H2,1-2H3/b11-5-/t23-,28+,29-,30+,31+,32+,36-/m1/s1. The van der Waals surface area contributed by atoms with Crippen LogP contribution in [0.15, 0.2) is 53.0 Å². The van der Waals surface area contributed by atoms with E-state index in [0.717, 1.165) is 37.7 Å². The Morgan fingerprint density at radius 2 is 1.72 bits per heavy atom. The summed E-state index contributed by atoms with van der Waals surface area (Å²) in [5, 5.41) is 9.54. The highest BCUT2D eigenvalue weighted by molar-refractivity contribution is 9.11. The zero-order valence-corrected chi connectivity index (χ0v) is 28.8. The first kappa shape index (κ1) is 33.9. The number of rotatable bonds is 6. The van der Waals surface area contributed by atoms with Crippen molar-refractivity contribution < 1.29 is 33.8 Å². The fourth-order valence-corrected chi connectivity index (χ4v) is 9.02. The number of aliphatic hydroxyl groups excluding tert-OH is 1. The van der Waals surface area contributed by atoms with Gasteiger partial charge in [-0.15, -0.1) is 0 Å². The molecule has 5 bridgehead atoms. The number of aliphatic hydroxyl groups is 1. The van der Waals surface area contributed by atoms with E-state index in [0.29, 0.717) is 30.3 Å². The summed E-state index contributed by atoms with van der Waals surface area (Å²) in [6.07, 6.45) is 10.9. The van der Waals surface area contributed by atoms with E-state index in [2.05, 4.69) is 15.9 Å². The molecule has 1 aromatic rings. The van der Waals surface area contributed by atoms with Crippen LogP contribution >= 0.6 is 15.9 Å². The molecule has 7 atom stereocenters. The van der Waals surface area contributed by atoms with Gasteiger partial charge in [0.15, 0.2) is 0 Å². The normalized spacial score (nSPS) is 34.5. The number of hydrogen-bond donors (Lipinski definition) is 1. The van der Waals surface area contributed by atoms with Crippen LogP contribution in [-0.4, -0.2) is 100 Å². The zero-order chi connectivity index (χ0) is 33.3. The number of benzene rings is 1. The van der Waals surface area contributed by atoms with E-state index in [1.54, 1.807) is 16.8 Å². The molecule has 5 aliphatic rings. The molecule has 47 heavy (non-hydrogen) atoms. The van der Waals surface area contributed by atoms with Crippen molar-refractivity contribution in [1.29, 1.82) is 0 Å². The number of carbonyl (C=O) groups excluding carboxylic acids is 4. The largest absolute Gasteiger partial charge is 0.455 e. The summed E-state index contributed by atoms with van der Waals surface area (Å²) in [6.45, 7) is 2.46. The Kier molecular flexibility index (Phi) is 10.2. The van der Waals surface area contributed by atoms with Gasteiger partial charge in [-0.2, -0.15) is 0 Å². The number of nitrogens with zero attached hydrogens (tertiary/aromatic N) is 3. The first-order valence-corrected chi connectivity index (χ1v) is 17.9. The maximum atomic E-state index is 14.9. The average Bonchev–Trinajstić information content (AvgIpc) is 3.67. The molecule has 1 saturated carbocycles. The number of esters is 1. The van der Waals surface area contributed by atoms with Gasteiger partial charge in [0.1, 0.15) is 29.8 Å². The molecule has 0 unspecified atom stereocenters. The minimum atomic E-state index is -1.34. The molecule has 4 aliphatic heterocycles. The SMILES string of the molecule is C[C@@H]1[C@@H](c2ccccc2)OC(=O)[C@@H]2[C@H]3O[C@@]4(C=C3Br)[C@H](C(=O)N(C3CCCCC3)C/C=C\CCC(=O)N1C)N(CCCCO)C(=O)[C@@H]24. The van der Waals surface area contributed by atoms with Crippen molar-refractivity contribution in [2.45, 2.75) is 101 Å². The van der Waals surface area contributed by atoms with Crippen molar-refractivity contribution in [2.24, 2.45) is 11.8 Å². The molecular formula is C36H46BrN3O7. The number of carbonyl (C=O) groups is 4. The highest BCUT2D eigenvalue weighted by Gasteiger charge is 2.75. The van der Waals surface area contributed by atoms with Crippen LogP contribution in [0, 0.1) is 11.8 Å². The number of halogens is 1. The number of allylic oxidation sites excluding steroid dienone is 1. The molecule has 2 saturated heterocycles. The van der Waals surface area contributed by atoms with E-state index in [1.807, 2.05) is 60.4 Å². The van der Waals surface area contributed by atoms with Gasteiger partial charge < -0.3 is 29.3 Å². The van der Waals surface area contributed by atoms with E-state index >= 15 is 0 Å². The van der Waals surface area contributed by atoms with E-state index in [1.165, 1.54) is 0 Å². The smallest absolute Gasteiger partial charge is 0.313 e. The van der Waals surface area contributed by atoms with Crippen LogP contribution in [0.1, 0.15) is 76.4 Å². The second-order valence-corrected chi connectivity index (χ2v) is 14.5. The maximum absolute atomic E-state index is 14.9. The summed E-state index contributed by atoms with van der Waals surface area (Å²) in [7, 11) is 1.72. The van der Waals surface area contributed by atoms with Crippen molar-refractivity contribution in [3.8, 4) is 0 Å². The third-order valence-corrected chi connectivity index (χ3v) is 11.5. The summed E-state index contributed by atoms with van der Waals surface area (Å²) in [6, 6.07) is 7.89. The molecule has 1 aromatic carbocycles. The molecule has 0 radical (unpaired) electrons. The van der Waals surface area contributed by atoms with Gasteiger partial charge in [-0.1, -0.05) is 77.7 Å². The minimum absolute atomic E-state index is 0.0138. The first-order chi connectivity index (χ1) is 22.7. The van der Waals surface area contributed by atoms with Crippen molar-refractivity contribution in [2.75, 3.05) is 26.7 Å². The third-order valence-electron chi connectivity index (χ3n) is 10.8. The molecule has 3 fully saturated rings. The van der Waals surface area contributed by atoms with Crippen molar-refractivity contribution in [3.63, 3.8) is 0 Å². The molecule has 0 aromatic heterocycles. The van der Waals surface area contributed by atoms with Gasteiger partial charge in [0, 0.05) is 43.7 Å². The molecular weight excluding hydrogens is 666 g/mol. The number of likely N-dealkylation sites (N-methyl/N-ethyl adjacent to an activating group) is 1. The molecule has 1 spiro atoms. The van der Waals surface area contributed by atoms with E-state index in [4.69, 9.17) is 9.47 Å². The summed E-state index contributed by atoms with van der Waals surface area (Å²) in [5.41, 5.74) is -0.607. The van der Waals surface area contributed by atoms with Crippen LogP contribution in [0.2, 0.25) is 0 Å². The highest BCUT2D eigenvalue weighted by atomic mass is 79.9. The zero-order valence-electron chi connectivity index (χ0n) is 27.3. The molecule has 10 nitrogen and oxygen atoms in total. The number of cyclic esters (lactones) is 1. The number of unbranched alkanes of at least 4 members (excludes halogenated alkanes) is 1. The Bertz CT molecular complexity index is 1410. The number of amides is 3. The molecule has 6 rings (SSSR count). The summed E-state index contributed by atoms with van der Waals surface area (Å²) in [4.78, 5) is 62.3. The molecule has 1 aliphatic carbocycles. The first-order valence-electron chi connectivity index (χ1n) is 17.1. The predicted molar refractivity (Wildman–Crippen MR) is 178 cm³/mol. The van der Waals surface area contributed by atoms with Gasteiger partial charge in [0.2, 0.25) is 17.7 Å². The van der Waals surface area contributed by atoms with Crippen molar-refractivity contribution >= 4 is 39.6 Å². The predicted octanol–water partition coefficient (Wildman–Crippen LogP) is 4.27. The third kappa shape index (κ3) is 6.19. The number of likely N-dealkylation sites (tertiary alicyclic amines) is 1. The molecule has 254 valence electrons. The lowest BCUT2D eigenvalue weighted by Crippen LogP contribution is -2.58. The summed E-state index contributed by atoms with van der Waals surface area (Å²) in [5.74, 6) is -3.11. The Labute approximate surface area is 285 Å². The number of ether oxygens (including phenoxy) is 2. The van der Waals surface area contributed by atoms with Crippen molar-refractivity contribution in [3.05, 3.63) is 58.6 Å². The van der Waals surface area contributed by atoms with Crippen LogP contribution in [-0.2, 0) is 28.7 Å². The lowest BCUT2D eigenvalue weighted by atomic mass is 9.74. The minimum Gasteiger partial charge on any atom is -0.455 e. The molecule has 4 heterocycles. The topological polar surface area (TPSA) is 117 Å². The van der Waals surface area contributed by atoms with Gasteiger partial charge in [0.05, 0.1) is 12.0 Å². The second-order valence-electron chi connectivity index (χ2n) is 13.6. The monoisotopic (exact) mass is 711 g/mol. The van der Waals surface area contributed by atoms with Crippen molar-refractivity contribution in [1.82, 2.24) is 14.7 Å². The summed E-state index contributed by atoms with van der Waals surface area (Å²) < 4.78 is 13.6. The van der Waals surface area contributed by atoms with Gasteiger partial charge >= 0.3 is 5.97 Å². The Morgan fingerprint density at radius 1 is 0.979 bits per heavy atom. The lowest BCUT2D eigenvalue weighted by Gasteiger charge is -2.40. The van der Waals surface area contributed by atoms with Gasteiger partial charge in [0.25, 0.3) is 0 Å². The number of fused-ring (bicyclic) bond motifs is 2. The molecule has 1 N–H and O–H groups in total. The van der Waals surface area contributed by atoms with E-state index in [-0.39, 0.29) is 43.3 Å². The van der Waals surface area contributed by atoms with Crippen LogP contribution in [0.5, 0.6) is 0 Å². The Hall–Kier alpha value is -3.02. The van der Waals surface area contributed by atoms with Crippen LogP contribution in [0.3, 0.4) is 0 Å². The average molecular weight is 713 g/mol. The lowest BCUT2D eigenvalue weighted by molar-refractivity contribution is -0.164. The summed E-state index contributed by atoms with van der Waals surface area (Å²) >= 11 is 3.64. The van der Waals surface area contributed by atoms with Crippen LogP contribution in [0.4, 0.5) is 0 Å².